The zero-order valence-corrected chi connectivity index (χ0v) is 11.5. The summed E-state index contributed by atoms with van der Waals surface area (Å²) in [7, 11) is 0. The van der Waals surface area contributed by atoms with E-state index in [0.29, 0.717) is 23.5 Å². The first kappa shape index (κ1) is 15.0. The summed E-state index contributed by atoms with van der Waals surface area (Å²) in [5.41, 5.74) is 6.57. The Kier molecular flexibility index (Phi) is 4.52. The van der Waals surface area contributed by atoms with Crippen molar-refractivity contribution in [3.05, 3.63) is 53.6 Å². The lowest BCUT2D eigenvalue weighted by Gasteiger charge is -2.11. The molecule has 3 nitrogen and oxygen atoms in total. The number of hydrogen-bond donors (Lipinski definition) is 1. The van der Waals surface area contributed by atoms with Gasteiger partial charge in [-0.15, -0.1) is 0 Å². The van der Waals surface area contributed by atoms with E-state index in [0.717, 1.165) is 18.6 Å². The van der Waals surface area contributed by atoms with Gasteiger partial charge in [0.2, 0.25) is 0 Å². The Morgan fingerprint density at radius 1 is 1.10 bits per heavy atom. The number of carbonyl (C=O) groups is 1. The van der Waals surface area contributed by atoms with E-state index in [1.807, 2.05) is 6.92 Å². The first-order chi connectivity index (χ1) is 10.0. The lowest BCUT2D eigenvalue weighted by atomic mass is 10.0. The van der Waals surface area contributed by atoms with Gasteiger partial charge >= 0.3 is 0 Å². The lowest BCUT2D eigenvalue weighted by Crippen LogP contribution is -2.13. The second-order valence-corrected chi connectivity index (χ2v) is 4.55. The zero-order valence-electron chi connectivity index (χ0n) is 11.5. The van der Waals surface area contributed by atoms with E-state index >= 15 is 0 Å². The van der Waals surface area contributed by atoms with Crippen molar-refractivity contribution < 1.29 is 18.3 Å². The monoisotopic (exact) mass is 291 g/mol. The standard InChI is InChI=1S/C16H15F2NO2/c1-2-7-21-15-6-4-10(8-12(15)16(19)20)11-3-5-13(17)14(18)9-11/h3-6,8-9H,2,7H2,1H3,(H2,19,20). The van der Waals surface area contributed by atoms with Crippen LogP contribution in [0.5, 0.6) is 5.75 Å². The summed E-state index contributed by atoms with van der Waals surface area (Å²) in [6.45, 7) is 2.41. The molecule has 0 spiro atoms. The molecular formula is C16H15F2NO2. The largest absolute Gasteiger partial charge is 0.493 e. The van der Waals surface area contributed by atoms with Gasteiger partial charge in [0.05, 0.1) is 12.2 Å². The lowest BCUT2D eigenvalue weighted by molar-refractivity contribution is 0.0996. The molecule has 5 heteroatoms. The average Bonchev–Trinajstić information content (AvgIpc) is 2.47. The summed E-state index contributed by atoms with van der Waals surface area (Å²) in [5.74, 6) is -2.11. The summed E-state index contributed by atoms with van der Waals surface area (Å²) >= 11 is 0. The van der Waals surface area contributed by atoms with Gasteiger partial charge in [-0.2, -0.15) is 0 Å². The average molecular weight is 291 g/mol. The van der Waals surface area contributed by atoms with E-state index in [2.05, 4.69) is 0 Å². The number of benzene rings is 2. The van der Waals surface area contributed by atoms with Crippen LogP contribution in [0, 0.1) is 11.6 Å². The highest BCUT2D eigenvalue weighted by Gasteiger charge is 2.12. The first-order valence-corrected chi connectivity index (χ1v) is 6.55. The van der Waals surface area contributed by atoms with Gasteiger partial charge in [-0.3, -0.25) is 4.79 Å². The van der Waals surface area contributed by atoms with Crippen LogP contribution < -0.4 is 10.5 Å². The fraction of sp³-hybridized carbons (Fsp3) is 0.188. The Labute approximate surface area is 121 Å². The molecule has 0 fully saturated rings. The van der Waals surface area contributed by atoms with Crippen molar-refractivity contribution in [1.29, 1.82) is 0 Å². The van der Waals surface area contributed by atoms with Crippen molar-refractivity contribution >= 4 is 5.91 Å². The van der Waals surface area contributed by atoms with Crippen LogP contribution >= 0.6 is 0 Å². The fourth-order valence-electron chi connectivity index (χ4n) is 1.92. The number of carbonyl (C=O) groups excluding carboxylic acids is 1. The van der Waals surface area contributed by atoms with Crippen LogP contribution in [0.3, 0.4) is 0 Å². The molecule has 1 amide bonds. The molecule has 0 heterocycles. The number of halogens is 2. The molecule has 0 aliphatic heterocycles. The SMILES string of the molecule is CCCOc1ccc(-c2ccc(F)c(F)c2)cc1C(N)=O. The number of amides is 1. The third kappa shape index (κ3) is 3.37. The van der Waals surface area contributed by atoms with Gasteiger partial charge in [-0.25, -0.2) is 8.78 Å². The summed E-state index contributed by atoms with van der Waals surface area (Å²) < 4.78 is 31.7. The Bertz CT molecular complexity index is 671. The van der Waals surface area contributed by atoms with E-state index in [4.69, 9.17) is 10.5 Å². The van der Waals surface area contributed by atoms with E-state index in [1.165, 1.54) is 12.1 Å². The number of nitrogens with two attached hydrogens (primary N) is 1. The van der Waals surface area contributed by atoms with Crippen molar-refractivity contribution in [2.45, 2.75) is 13.3 Å². The van der Waals surface area contributed by atoms with Crippen molar-refractivity contribution in [3.8, 4) is 16.9 Å². The molecule has 110 valence electrons. The molecular weight excluding hydrogens is 276 g/mol. The highest BCUT2D eigenvalue weighted by Crippen LogP contribution is 2.27. The van der Waals surface area contributed by atoms with Crippen molar-refractivity contribution in [3.63, 3.8) is 0 Å². The van der Waals surface area contributed by atoms with Crippen LogP contribution in [0.2, 0.25) is 0 Å². The predicted octanol–water partition coefficient (Wildman–Crippen LogP) is 3.52. The molecule has 2 rings (SSSR count). The van der Waals surface area contributed by atoms with Crippen LogP contribution in [0.4, 0.5) is 8.78 Å². The van der Waals surface area contributed by atoms with Crippen LogP contribution in [-0.4, -0.2) is 12.5 Å². The molecule has 0 atom stereocenters. The van der Waals surface area contributed by atoms with Gasteiger partial charge in [0.15, 0.2) is 11.6 Å². The number of ether oxygens (including phenoxy) is 1. The number of primary amides is 1. The van der Waals surface area contributed by atoms with Gasteiger partial charge in [0, 0.05) is 0 Å². The Hall–Kier alpha value is -2.43. The highest BCUT2D eigenvalue weighted by molar-refractivity contribution is 5.97. The van der Waals surface area contributed by atoms with E-state index in [-0.39, 0.29) is 5.56 Å². The quantitative estimate of drug-likeness (QED) is 0.916. The molecule has 0 radical (unpaired) electrons. The fourth-order valence-corrected chi connectivity index (χ4v) is 1.92. The minimum atomic E-state index is -0.945. The Morgan fingerprint density at radius 2 is 1.76 bits per heavy atom. The van der Waals surface area contributed by atoms with Crippen LogP contribution in [0.25, 0.3) is 11.1 Å². The molecule has 0 aliphatic rings. The molecule has 0 aromatic heterocycles. The van der Waals surface area contributed by atoms with Crippen LogP contribution in [0.1, 0.15) is 23.7 Å². The molecule has 2 N–H and O–H groups in total. The second kappa shape index (κ2) is 6.35. The number of hydrogen-bond acceptors (Lipinski definition) is 2. The topological polar surface area (TPSA) is 52.3 Å². The van der Waals surface area contributed by atoms with Gasteiger partial charge in [0.25, 0.3) is 5.91 Å². The molecule has 0 unspecified atom stereocenters. The zero-order chi connectivity index (χ0) is 15.4. The molecule has 2 aromatic rings. The van der Waals surface area contributed by atoms with E-state index < -0.39 is 17.5 Å². The minimum Gasteiger partial charge on any atom is -0.493 e. The molecule has 21 heavy (non-hydrogen) atoms. The predicted molar refractivity (Wildman–Crippen MR) is 76.1 cm³/mol. The van der Waals surface area contributed by atoms with Gasteiger partial charge in [-0.05, 0) is 41.8 Å². The Balaban J connectivity index is 2.43. The minimum absolute atomic E-state index is 0.214. The summed E-state index contributed by atoms with van der Waals surface area (Å²) in [5, 5.41) is 0. The smallest absolute Gasteiger partial charge is 0.252 e. The van der Waals surface area contributed by atoms with Gasteiger partial charge in [0.1, 0.15) is 5.75 Å². The third-order valence-corrected chi connectivity index (χ3v) is 2.96. The molecule has 0 saturated carbocycles. The molecule has 0 bridgehead atoms. The normalized spacial score (nSPS) is 10.4. The maximum atomic E-state index is 13.3. The molecule has 0 saturated heterocycles. The van der Waals surface area contributed by atoms with Crippen molar-refractivity contribution in [2.75, 3.05) is 6.61 Å². The maximum absolute atomic E-state index is 13.3. The van der Waals surface area contributed by atoms with Crippen LogP contribution in [-0.2, 0) is 0 Å². The van der Waals surface area contributed by atoms with Gasteiger partial charge < -0.3 is 10.5 Å². The molecule has 2 aromatic carbocycles. The Morgan fingerprint density at radius 3 is 2.38 bits per heavy atom. The van der Waals surface area contributed by atoms with Crippen molar-refractivity contribution in [2.24, 2.45) is 5.73 Å². The van der Waals surface area contributed by atoms with Gasteiger partial charge in [-0.1, -0.05) is 19.1 Å². The summed E-state index contributed by atoms with van der Waals surface area (Å²) in [4.78, 5) is 11.5. The second-order valence-electron chi connectivity index (χ2n) is 4.55. The first-order valence-electron chi connectivity index (χ1n) is 6.55. The van der Waals surface area contributed by atoms with Crippen LogP contribution in [0.15, 0.2) is 36.4 Å². The van der Waals surface area contributed by atoms with E-state index in [1.54, 1.807) is 12.1 Å². The molecule has 0 aliphatic carbocycles. The maximum Gasteiger partial charge on any atom is 0.252 e. The summed E-state index contributed by atoms with van der Waals surface area (Å²) in [6, 6.07) is 8.33. The van der Waals surface area contributed by atoms with E-state index in [9.17, 15) is 13.6 Å². The number of rotatable bonds is 5. The van der Waals surface area contributed by atoms with Crippen molar-refractivity contribution in [1.82, 2.24) is 0 Å². The third-order valence-electron chi connectivity index (χ3n) is 2.96. The highest BCUT2D eigenvalue weighted by atomic mass is 19.2. The summed E-state index contributed by atoms with van der Waals surface area (Å²) in [6.07, 6.45) is 0.795.